The van der Waals surface area contributed by atoms with Crippen LogP contribution >= 0.6 is 0 Å². The van der Waals surface area contributed by atoms with E-state index in [4.69, 9.17) is 5.73 Å². The van der Waals surface area contributed by atoms with Crippen LogP contribution in [0.4, 0.5) is 0 Å². The van der Waals surface area contributed by atoms with Crippen molar-refractivity contribution < 1.29 is 4.79 Å². The number of Topliss-reactive ketones (excluding diaryl/α,β-unsaturated/α-hetero) is 1. The number of ketones is 1. The van der Waals surface area contributed by atoms with Crippen LogP contribution in [-0.4, -0.2) is 11.8 Å². The first-order chi connectivity index (χ1) is 6.61. The zero-order valence-corrected chi connectivity index (χ0v) is 9.46. The van der Waals surface area contributed by atoms with E-state index in [9.17, 15) is 4.79 Å². The Labute approximate surface area is 87.2 Å². The molecule has 0 aromatic rings. The minimum Gasteiger partial charge on any atom is -0.321 e. The van der Waals surface area contributed by atoms with Gasteiger partial charge in [-0.25, -0.2) is 0 Å². The van der Waals surface area contributed by atoms with Gasteiger partial charge in [-0.2, -0.15) is 0 Å². The van der Waals surface area contributed by atoms with Gasteiger partial charge in [-0.1, -0.05) is 39.0 Å². The van der Waals surface area contributed by atoms with Gasteiger partial charge in [-0.05, 0) is 25.2 Å². The van der Waals surface area contributed by atoms with Crippen LogP contribution in [0.1, 0.15) is 52.4 Å². The Kier molecular flexibility index (Phi) is 4.59. The van der Waals surface area contributed by atoms with E-state index < -0.39 is 0 Å². The molecule has 1 aliphatic carbocycles. The second-order valence-electron chi connectivity index (χ2n) is 4.84. The van der Waals surface area contributed by atoms with Crippen molar-refractivity contribution in [1.29, 1.82) is 0 Å². The number of hydrogen-bond donors (Lipinski definition) is 1. The maximum absolute atomic E-state index is 11.1. The van der Waals surface area contributed by atoms with Gasteiger partial charge in [0.1, 0.15) is 5.78 Å². The zero-order chi connectivity index (χ0) is 10.6. The van der Waals surface area contributed by atoms with Crippen molar-refractivity contribution in [3.05, 3.63) is 0 Å². The fourth-order valence-electron chi connectivity index (χ4n) is 2.38. The van der Waals surface area contributed by atoms with Gasteiger partial charge in [0, 0.05) is 0 Å². The van der Waals surface area contributed by atoms with Crippen molar-refractivity contribution in [2.24, 2.45) is 17.6 Å². The Morgan fingerprint density at radius 3 is 2.50 bits per heavy atom. The van der Waals surface area contributed by atoms with Crippen molar-refractivity contribution in [3.8, 4) is 0 Å². The predicted octanol–water partition coefficient (Wildman–Crippen LogP) is 2.51. The van der Waals surface area contributed by atoms with Crippen molar-refractivity contribution in [2.75, 3.05) is 0 Å². The molecule has 0 aliphatic heterocycles. The highest BCUT2D eigenvalue weighted by atomic mass is 16.1. The maximum atomic E-state index is 11.1. The molecule has 0 saturated heterocycles. The Bertz CT molecular complexity index is 185. The molecule has 0 radical (unpaired) electrons. The smallest absolute Gasteiger partial charge is 0.146 e. The van der Waals surface area contributed by atoms with E-state index in [1.165, 1.54) is 32.1 Å². The van der Waals surface area contributed by atoms with Crippen LogP contribution in [-0.2, 0) is 4.79 Å². The normalized spacial score (nSPS) is 22.2. The number of carbonyl (C=O) groups excluding carboxylic acids is 1. The monoisotopic (exact) mass is 197 g/mol. The molecule has 0 amide bonds. The summed E-state index contributed by atoms with van der Waals surface area (Å²) in [5, 5.41) is 0. The van der Waals surface area contributed by atoms with Gasteiger partial charge in [0.15, 0.2) is 0 Å². The molecule has 14 heavy (non-hydrogen) atoms. The number of carbonyl (C=O) groups is 1. The van der Waals surface area contributed by atoms with Crippen LogP contribution in [0, 0.1) is 11.8 Å². The first-order valence-electron chi connectivity index (χ1n) is 5.87. The van der Waals surface area contributed by atoms with E-state index >= 15 is 0 Å². The van der Waals surface area contributed by atoms with Gasteiger partial charge in [0.25, 0.3) is 0 Å². The van der Waals surface area contributed by atoms with Crippen LogP contribution in [0.3, 0.4) is 0 Å². The topological polar surface area (TPSA) is 43.1 Å². The van der Waals surface area contributed by atoms with E-state index in [0.29, 0.717) is 5.92 Å². The third-order valence-corrected chi connectivity index (χ3v) is 3.59. The van der Waals surface area contributed by atoms with Gasteiger partial charge in [-0.3, -0.25) is 4.79 Å². The van der Waals surface area contributed by atoms with Gasteiger partial charge in [-0.15, -0.1) is 0 Å². The highest BCUT2D eigenvalue weighted by molar-refractivity contribution is 5.81. The van der Waals surface area contributed by atoms with Crippen LogP contribution in [0.2, 0.25) is 0 Å². The third kappa shape index (κ3) is 3.41. The van der Waals surface area contributed by atoms with Crippen LogP contribution in [0.15, 0.2) is 0 Å². The molecule has 0 heterocycles. The summed E-state index contributed by atoms with van der Waals surface area (Å²) in [4.78, 5) is 11.1. The first-order valence-corrected chi connectivity index (χ1v) is 5.87. The highest BCUT2D eigenvalue weighted by Gasteiger charge is 2.20. The second-order valence-corrected chi connectivity index (χ2v) is 4.84. The van der Waals surface area contributed by atoms with Crippen LogP contribution in [0.5, 0.6) is 0 Å². The van der Waals surface area contributed by atoms with Crippen molar-refractivity contribution in [1.82, 2.24) is 0 Å². The van der Waals surface area contributed by atoms with Gasteiger partial charge in [0.2, 0.25) is 0 Å². The molecule has 0 aromatic carbocycles. The van der Waals surface area contributed by atoms with Crippen LogP contribution in [0.25, 0.3) is 0 Å². The number of hydrogen-bond acceptors (Lipinski definition) is 2. The van der Waals surface area contributed by atoms with Crippen molar-refractivity contribution >= 4 is 5.78 Å². The van der Waals surface area contributed by atoms with Crippen molar-refractivity contribution in [2.45, 2.75) is 58.4 Å². The largest absolute Gasteiger partial charge is 0.321 e. The summed E-state index contributed by atoms with van der Waals surface area (Å²) in [5.74, 6) is 1.40. The van der Waals surface area contributed by atoms with Gasteiger partial charge < -0.3 is 5.73 Å². The Balaban J connectivity index is 2.19. The maximum Gasteiger partial charge on any atom is 0.146 e. The van der Waals surface area contributed by atoms with E-state index in [1.54, 1.807) is 6.92 Å². The summed E-state index contributed by atoms with van der Waals surface area (Å²) in [7, 11) is 0. The lowest BCUT2D eigenvalue weighted by Crippen LogP contribution is -2.35. The van der Waals surface area contributed by atoms with Gasteiger partial charge >= 0.3 is 0 Å². The molecular formula is C12H23NO. The summed E-state index contributed by atoms with van der Waals surface area (Å²) in [5.41, 5.74) is 5.80. The molecule has 2 atom stereocenters. The molecule has 0 aromatic heterocycles. The SMILES string of the molecule is CC(=O)[C@H](N)[C@@H](C)CCC1CCCC1. The lowest BCUT2D eigenvalue weighted by atomic mass is 9.90. The molecular weight excluding hydrogens is 174 g/mol. The molecule has 0 bridgehead atoms. The lowest BCUT2D eigenvalue weighted by Gasteiger charge is -2.18. The molecule has 82 valence electrons. The van der Waals surface area contributed by atoms with Gasteiger partial charge in [0.05, 0.1) is 6.04 Å². The summed E-state index contributed by atoms with van der Waals surface area (Å²) in [6, 6.07) is -0.239. The fraction of sp³-hybridized carbons (Fsp3) is 0.917. The number of rotatable bonds is 5. The molecule has 1 saturated carbocycles. The van der Waals surface area contributed by atoms with Crippen molar-refractivity contribution in [3.63, 3.8) is 0 Å². The van der Waals surface area contributed by atoms with E-state index in [-0.39, 0.29) is 11.8 Å². The van der Waals surface area contributed by atoms with Crippen LogP contribution < -0.4 is 5.73 Å². The Morgan fingerprint density at radius 1 is 1.43 bits per heavy atom. The lowest BCUT2D eigenvalue weighted by molar-refractivity contribution is -0.119. The third-order valence-electron chi connectivity index (χ3n) is 3.59. The molecule has 0 spiro atoms. The summed E-state index contributed by atoms with van der Waals surface area (Å²) >= 11 is 0. The Hall–Kier alpha value is -0.370. The standard InChI is InChI=1S/C12H23NO/c1-9(12(13)10(2)14)7-8-11-5-3-4-6-11/h9,11-12H,3-8,13H2,1-2H3/t9-,12+/m0/s1. The van der Waals surface area contributed by atoms with E-state index in [1.807, 2.05) is 0 Å². The van der Waals surface area contributed by atoms with E-state index in [2.05, 4.69) is 6.92 Å². The molecule has 2 heteroatoms. The van der Waals surface area contributed by atoms with E-state index in [0.717, 1.165) is 12.3 Å². The average molecular weight is 197 g/mol. The minimum absolute atomic E-state index is 0.129. The highest BCUT2D eigenvalue weighted by Crippen LogP contribution is 2.30. The molecule has 2 nitrogen and oxygen atoms in total. The zero-order valence-electron chi connectivity index (χ0n) is 9.46. The fourth-order valence-corrected chi connectivity index (χ4v) is 2.38. The second kappa shape index (κ2) is 5.50. The molecule has 1 aliphatic rings. The summed E-state index contributed by atoms with van der Waals surface area (Å²) in [6.45, 7) is 3.69. The summed E-state index contributed by atoms with van der Waals surface area (Å²) < 4.78 is 0. The molecule has 1 fully saturated rings. The Morgan fingerprint density at radius 2 is 2.00 bits per heavy atom. The average Bonchev–Trinajstić information content (AvgIpc) is 2.65. The molecule has 0 unspecified atom stereocenters. The first kappa shape index (κ1) is 11.7. The predicted molar refractivity (Wildman–Crippen MR) is 59.0 cm³/mol. The minimum atomic E-state index is -0.239. The molecule has 2 N–H and O–H groups in total. The quantitative estimate of drug-likeness (QED) is 0.736. The summed E-state index contributed by atoms with van der Waals surface area (Å²) in [6.07, 6.45) is 7.97. The number of nitrogens with two attached hydrogens (primary N) is 1. The molecule has 1 rings (SSSR count).